The molecule has 0 spiro atoms. The summed E-state index contributed by atoms with van der Waals surface area (Å²) in [5.74, 6) is -1.50. The summed E-state index contributed by atoms with van der Waals surface area (Å²) in [6.45, 7) is 1.65. The first-order chi connectivity index (χ1) is 12.3. The Labute approximate surface area is 165 Å². The van der Waals surface area contributed by atoms with Crippen LogP contribution in [0.5, 0.6) is 0 Å². The van der Waals surface area contributed by atoms with Gasteiger partial charge in [-0.15, -0.1) is 0 Å². The van der Waals surface area contributed by atoms with Crippen LogP contribution in [-0.4, -0.2) is 22.1 Å². The largest absolute Gasteiger partial charge is 0.478 e. The number of thiocarbonyl (C=S) groups is 1. The molecule has 0 saturated heterocycles. The second kappa shape index (κ2) is 8.80. The fourth-order valence-electron chi connectivity index (χ4n) is 2.11. The minimum Gasteiger partial charge on any atom is -0.478 e. The van der Waals surface area contributed by atoms with E-state index in [4.69, 9.17) is 40.5 Å². The van der Waals surface area contributed by atoms with Gasteiger partial charge in [0.2, 0.25) is 5.91 Å². The van der Waals surface area contributed by atoms with Gasteiger partial charge in [0, 0.05) is 21.8 Å². The third-order valence-electron chi connectivity index (χ3n) is 3.43. The summed E-state index contributed by atoms with van der Waals surface area (Å²) in [5, 5.41) is 15.4. The van der Waals surface area contributed by atoms with E-state index in [0.717, 1.165) is 0 Å². The zero-order valence-corrected chi connectivity index (χ0v) is 15.9. The Morgan fingerprint density at radius 3 is 2.58 bits per heavy atom. The summed E-state index contributed by atoms with van der Waals surface area (Å²) in [6, 6.07) is 9.67. The maximum absolute atomic E-state index is 12.0. The van der Waals surface area contributed by atoms with Crippen molar-refractivity contribution in [2.45, 2.75) is 6.92 Å². The van der Waals surface area contributed by atoms with Gasteiger partial charge in [-0.25, -0.2) is 4.79 Å². The maximum atomic E-state index is 12.0. The summed E-state index contributed by atoms with van der Waals surface area (Å²) in [6.07, 6.45) is 2.82. The molecule has 0 aromatic heterocycles. The quantitative estimate of drug-likeness (QED) is 0.511. The number of halogens is 2. The Hall–Kier alpha value is -2.41. The van der Waals surface area contributed by atoms with Gasteiger partial charge >= 0.3 is 5.97 Å². The first-order valence-corrected chi connectivity index (χ1v) is 8.52. The third kappa shape index (κ3) is 5.29. The van der Waals surface area contributed by atoms with Crippen molar-refractivity contribution in [2.24, 2.45) is 0 Å². The van der Waals surface area contributed by atoms with Gasteiger partial charge in [-0.05, 0) is 60.6 Å². The molecule has 8 heteroatoms. The number of rotatable bonds is 4. The van der Waals surface area contributed by atoms with Gasteiger partial charge in [-0.2, -0.15) is 0 Å². The number of benzene rings is 2. The Morgan fingerprint density at radius 1 is 1.19 bits per heavy atom. The van der Waals surface area contributed by atoms with Crippen LogP contribution in [0.1, 0.15) is 21.5 Å². The molecule has 0 aliphatic rings. The molecule has 2 rings (SSSR count). The molecule has 2 aromatic rings. The molecular weight excluding hydrogens is 395 g/mol. The lowest BCUT2D eigenvalue weighted by molar-refractivity contribution is -0.115. The number of carbonyl (C=O) groups excluding carboxylic acids is 1. The van der Waals surface area contributed by atoms with E-state index in [1.165, 1.54) is 18.2 Å². The van der Waals surface area contributed by atoms with Gasteiger partial charge in [0.15, 0.2) is 5.11 Å². The molecule has 5 nitrogen and oxygen atoms in total. The normalized spacial score (nSPS) is 10.6. The molecule has 0 unspecified atom stereocenters. The van der Waals surface area contributed by atoms with Crippen molar-refractivity contribution in [1.82, 2.24) is 5.32 Å². The summed E-state index contributed by atoms with van der Waals surface area (Å²) < 4.78 is 0. The highest BCUT2D eigenvalue weighted by Crippen LogP contribution is 2.22. The molecule has 1 amide bonds. The van der Waals surface area contributed by atoms with Gasteiger partial charge in [0.25, 0.3) is 0 Å². The average molecular weight is 409 g/mol. The van der Waals surface area contributed by atoms with Crippen molar-refractivity contribution < 1.29 is 14.7 Å². The fraction of sp³-hybridized carbons (Fsp3) is 0.0556. The molecule has 0 aliphatic carbocycles. The lowest BCUT2D eigenvalue weighted by Crippen LogP contribution is -2.33. The highest BCUT2D eigenvalue weighted by Gasteiger charge is 2.11. The predicted octanol–water partition coefficient (Wildman–Crippen LogP) is 4.53. The molecule has 0 heterocycles. The van der Waals surface area contributed by atoms with Gasteiger partial charge in [-0.3, -0.25) is 10.1 Å². The topological polar surface area (TPSA) is 78.4 Å². The van der Waals surface area contributed by atoms with E-state index in [0.29, 0.717) is 26.9 Å². The van der Waals surface area contributed by atoms with Crippen LogP contribution in [0.2, 0.25) is 10.0 Å². The minimum atomic E-state index is -1.04. The maximum Gasteiger partial charge on any atom is 0.336 e. The number of hydrogen-bond acceptors (Lipinski definition) is 3. The zero-order chi connectivity index (χ0) is 19.3. The van der Waals surface area contributed by atoms with Crippen LogP contribution in [0.25, 0.3) is 6.08 Å². The van der Waals surface area contributed by atoms with Gasteiger partial charge < -0.3 is 10.4 Å². The Kier molecular flexibility index (Phi) is 6.74. The molecule has 26 heavy (non-hydrogen) atoms. The lowest BCUT2D eigenvalue weighted by atomic mass is 10.1. The van der Waals surface area contributed by atoms with Crippen molar-refractivity contribution in [3.05, 3.63) is 69.2 Å². The summed E-state index contributed by atoms with van der Waals surface area (Å²) in [4.78, 5) is 23.1. The molecule has 2 aromatic carbocycles. The number of nitrogens with one attached hydrogen (secondary N) is 2. The molecule has 0 saturated carbocycles. The molecule has 0 atom stereocenters. The number of anilines is 1. The van der Waals surface area contributed by atoms with Gasteiger partial charge in [-0.1, -0.05) is 35.3 Å². The van der Waals surface area contributed by atoms with Crippen LogP contribution in [0.3, 0.4) is 0 Å². The summed E-state index contributed by atoms with van der Waals surface area (Å²) in [7, 11) is 0. The van der Waals surface area contributed by atoms with Crippen molar-refractivity contribution >= 4 is 64.2 Å². The van der Waals surface area contributed by atoms with Crippen LogP contribution >= 0.6 is 35.4 Å². The van der Waals surface area contributed by atoms with Gasteiger partial charge in [0.1, 0.15) is 0 Å². The SMILES string of the molecule is Cc1c(NC(=S)NC(=O)/C=C/c2ccc(Cl)cc2Cl)cccc1C(=O)O. The monoisotopic (exact) mass is 408 g/mol. The second-order valence-electron chi connectivity index (χ2n) is 5.23. The fourth-order valence-corrected chi connectivity index (χ4v) is 2.79. The molecule has 0 aliphatic heterocycles. The lowest BCUT2D eigenvalue weighted by Gasteiger charge is -2.12. The highest BCUT2D eigenvalue weighted by atomic mass is 35.5. The number of carbonyl (C=O) groups is 2. The van der Waals surface area contributed by atoms with E-state index in [2.05, 4.69) is 10.6 Å². The van der Waals surface area contributed by atoms with Gasteiger partial charge in [0.05, 0.1) is 5.56 Å². The third-order valence-corrected chi connectivity index (χ3v) is 4.19. The number of carboxylic acids is 1. The minimum absolute atomic E-state index is 0.0486. The molecule has 134 valence electrons. The second-order valence-corrected chi connectivity index (χ2v) is 6.48. The number of hydrogen-bond donors (Lipinski definition) is 3. The number of amides is 1. The highest BCUT2D eigenvalue weighted by molar-refractivity contribution is 7.80. The van der Waals surface area contributed by atoms with E-state index in [-0.39, 0.29) is 10.7 Å². The first-order valence-electron chi connectivity index (χ1n) is 7.36. The molecule has 0 bridgehead atoms. The van der Waals surface area contributed by atoms with E-state index in [1.807, 2.05) is 0 Å². The Balaban J connectivity index is 2.01. The zero-order valence-electron chi connectivity index (χ0n) is 13.5. The van der Waals surface area contributed by atoms with Crippen LogP contribution in [0, 0.1) is 6.92 Å². The molecular formula is C18H14Cl2N2O3S. The predicted molar refractivity (Wildman–Crippen MR) is 108 cm³/mol. The van der Waals surface area contributed by atoms with Crippen molar-refractivity contribution in [2.75, 3.05) is 5.32 Å². The van der Waals surface area contributed by atoms with Crippen LogP contribution < -0.4 is 10.6 Å². The Morgan fingerprint density at radius 2 is 1.92 bits per heavy atom. The van der Waals surface area contributed by atoms with Crippen molar-refractivity contribution in [3.8, 4) is 0 Å². The Bertz CT molecular complexity index is 913. The van der Waals surface area contributed by atoms with Crippen LogP contribution in [0.15, 0.2) is 42.5 Å². The van der Waals surface area contributed by atoms with Crippen LogP contribution in [-0.2, 0) is 4.79 Å². The van der Waals surface area contributed by atoms with Crippen LogP contribution in [0.4, 0.5) is 5.69 Å². The van der Waals surface area contributed by atoms with E-state index >= 15 is 0 Å². The molecule has 0 fully saturated rings. The number of carboxylic acid groups (broad SMARTS) is 1. The summed E-state index contributed by atoms with van der Waals surface area (Å²) in [5.41, 5.74) is 1.80. The molecule has 3 N–H and O–H groups in total. The standard InChI is InChI=1S/C18H14Cl2N2O3S/c1-10-13(17(24)25)3-2-4-15(10)21-18(26)22-16(23)8-6-11-5-7-12(19)9-14(11)20/h2-9H,1H3,(H,24,25)(H2,21,22,23,26)/b8-6+. The van der Waals surface area contributed by atoms with E-state index in [9.17, 15) is 9.59 Å². The summed E-state index contributed by atoms with van der Waals surface area (Å²) >= 11 is 16.9. The van der Waals surface area contributed by atoms with Crippen molar-refractivity contribution in [3.63, 3.8) is 0 Å². The van der Waals surface area contributed by atoms with E-state index in [1.54, 1.807) is 37.3 Å². The smallest absolute Gasteiger partial charge is 0.336 e. The first kappa shape index (κ1) is 19.9. The molecule has 0 radical (unpaired) electrons. The number of aromatic carboxylic acids is 1. The van der Waals surface area contributed by atoms with Crippen molar-refractivity contribution in [1.29, 1.82) is 0 Å². The average Bonchev–Trinajstić information content (AvgIpc) is 2.55. The van der Waals surface area contributed by atoms with E-state index < -0.39 is 11.9 Å².